The minimum absolute atomic E-state index is 0.151. The van der Waals surface area contributed by atoms with Gasteiger partial charge in [-0.15, -0.1) is 0 Å². The topological polar surface area (TPSA) is 129 Å². The molecule has 1 aliphatic rings. The lowest BCUT2D eigenvalue weighted by Crippen LogP contribution is -2.45. The molecule has 5 rings (SSSR count). The molecule has 0 atom stereocenters. The molecule has 1 aliphatic heterocycles. The number of aromatic nitrogens is 1. The number of nitrogens with zero attached hydrogens (tertiary/aromatic N) is 4. The number of carboxylic acids is 2. The first-order valence-electron chi connectivity index (χ1n) is 12.4. The molecule has 1 aromatic heterocycles. The Hall–Kier alpha value is -4.28. The van der Waals surface area contributed by atoms with E-state index in [4.69, 9.17) is 19.8 Å². The third-order valence-electron chi connectivity index (χ3n) is 6.76. The first-order valence-corrected chi connectivity index (χ1v) is 12.4. The number of nitro benzene ring substituents is 1. The fourth-order valence-electron chi connectivity index (χ4n) is 4.88. The minimum Gasteiger partial charge on any atom is -0.473 e. The monoisotopic (exact) mass is 518 g/mol. The number of rotatable bonds is 6. The van der Waals surface area contributed by atoms with Gasteiger partial charge in [0.2, 0.25) is 0 Å². The Morgan fingerprint density at radius 3 is 1.87 bits per heavy atom. The van der Waals surface area contributed by atoms with Crippen LogP contribution < -0.4 is 0 Å². The van der Waals surface area contributed by atoms with Gasteiger partial charge in [-0.25, -0.2) is 9.59 Å². The maximum absolute atomic E-state index is 10.8. The summed E-state index contributed by atoms with van der Waals surface area (Å²) in [5, 5.41) is 28.3. The number of aryl methyl sites for hydroxylation is 1. The molecular weight excluding hydrogens is 488 g/mol. The molecule has 0 bridgehead atoms. The van der Waals surface area contributed by atoms with Gasteiger partial charge in [0.05, 0.1) is 4.92 Å². The second-order valence-electron chi connectivity index (χ2n) is 9.20. The van der Waals surface area contributed by atoms with E-state index in [1.54, 1.807) is 12.1 Å². The molecule has 10 heteroatoms. The number of benzene rings is 3. The number of hydrogen-bond acceptors (Lipinski definition) is 6. The summed E-state index contributed by atoms with van der Waals surface area (Å²) in [6.07, 6.45) is 0. The summed E-state index contributed by atoms with van der Waals surface area (Å²) in [7, 11) is 0. The lowest BCUT2D eigenvalue weighted by atomic mass is 10.1. The zero-order chi connectivity index (χ0) is 27.2. The Labute approximate surface area is 219 Å². The number of hydrogen-bond donors (Lipinski definition) is 2. The van der Waals surface area contributed by atoms with Crippen molar-refractivity contribution in [2.24, 2.45) is 0 Å². The molecule has 198 valence electrons. The van der Waals surface area contributed by atoms with E-state index in [0.717, 1.165) is 51.4 Å². The third-order valence-corrected chi connectivity index (χ3v) is 6.76. The SMILES string of the molecule is CCn1c2ccccc2c2cc(CN3CCN(Cc4ccc([N+](=O)[O-])cc4)CC3)ccc21.O=C(O)C(=O)O. The Morgan fingerprint density at radius 1 is 0.789 bits per heavy atom. The zero-order valence-electron chi connectivity index (χ0n) is 21.1. The van der Waals surface area contributed by atoms with Crippen molar-refractivity contribution in [2.45, 2.75) is 26.6 Å². The summed E-state index contributed by atoms with van der Waals surface area (Å²) in [6, 6.07) is 22.5. The second-order valence-corrected chi connectivity index (χ2v) is 9.20. The summed E-state index contributed by atoms with van der Waals surface area (Å²) >= 11 is 0. The van der Waals surface area contributed by atoms with Crippen molar-refractivity contribution in [3.8, 4) is 0 Å². The number of carboxylic acid groups (broad SMARTS) is 2. The smallest absolute Gasteiger partial charge is 0.414 e. The summed E-state index contributed by atoms with van der Waals surface area (Å²) in [4.78, 5) is 33.6. The number of nitro groups is 1. The van der Waals surface area contributed by atoms with Crippen molar-refractivity contribution in [1.82, 2.24) is 14.4 Å². The number of para-hydroxylation sites is 1. The van der Waals surface area contributed by atoms with Gasteiger partial charge >= 0.3 is 11.9 Å². The third kappa shape index (κ3) is 6.16. The lowest BCUT2D eigenvalue weighted by molar-refractivity contribution is -0.384. The van der Waals surface area contributed by atoms with E-state index >= 15 is 0 Å². The molecule has 0 aliphatic carbocycles. The van der Waals surface area contributed by atoms with E-state index in [-0.39, 0.29) is 10.6 Å². The standard InChI is InChI=1S/C26H28N4O2.C2H2O4/c1-2-29-25-6-4-3-5-23(25)24-17-21(9-12-26(24)29)19-28-15-13-27(14-16-28)18-20-7-10-22(11-8-20)30(31)32;3-1(4)2(5)6/h3-12,17H,2,13-16,18-19H2,1H3;(H,3,4)(H,5,6). The van der Waals surface area contributed by atoms with Crippen LogP contribution in [0.2, 0.25) is 0 Å². The van der Waals surface area contributed by atoms with Gasteiger partial charge in [-0.2, -0.15) is 0 Å². The highest BCUT2D eigenvalue weighted by Gasteiger charge is 2.18. The normalized spacial score (nSPS) is 14.2. The fourth-order valence-corrected chi connectivity index (χ4v) is 4.88. The molecule has 0 unspecified atom stereocenters. The molecule has 1 saturated heterocycles. The van der Waals surface area contributed by atoms with Crippen LogP contribution in [0.1, 0.15) is 18.1 Å². The van der Waals surface area contributed by atoms with E-state index in [0.29, 0.717) is 0 Å². The van der Waals surface area contributed by atoms with Gasteiger partial charge in [0, 0.05) is 79.8 Å². The molecule has 0 amide bonds. The summed E-state index contributed by atoms with van der Waals surface area (Å²) in [6.45, 7) is 9.06. The van der Waals surface area contributed by atoms with Crippen LogP contribution in [0, 0.1) is 10.1 Å². The summed E-state index contributed by atoms with van der Waals surface area (Å²) in [5.41, 5.74) is 5.26. The van der Waals surface area contributed by atoms with Crippen molar-refractivity contribution in [1.29, 1.82) is 0 Å². The molecule has 1 fully saturated rings. The van der Waals surface area contributed by atoms with Gasteiger partial charge in [0.25, 0.3) is 5.69 Å². The summed E-state index contributed by atoms with van der Waals surface area (Å²) < 4.78 is 2.39. The molecule has 0 radical (unpaired) electrons. The number of aliphatic carboxylic acids is 2. The van der Waals surface area contributed by atoms with Crippen LogP contribution in [0.25, 0.3) is 21.8 Å². The molecular formula is C28H30N4O6. The summed E-state index contributed by atoms with van der Waals surface area (Å²) in [5.74, 6) is -3.65. The Bertz CT molecular complexity index is 1440. The first-order chi connectivity index (χ1) is 18.3. The maximum Gasteiger partial charge on any atom is 0.414 e. The number of carbonyl (C=O) groups is 2. The molecule has 2 heterocycles. The molecule has 38 heavy (non-hydrogen) atoms. The van der Waals surface area contributed by atoms with Gasteiger partial charge in [-0.3, -0.25) is 19.9 Å². The van der Waals surface area contributed by atoms with Crippen LogP contribution in [0.5, 0.6) is 0 Å². The average Bonchev–Trinajstić information content (AvgIpc) is 3.23. The maximum atomic E-state index is 10.8. The average molecular weight is 519 g/mol. The predicted octanol–water partition coefficient (Wildman–Crippen LogP) is 4.20. The molecule has 0 saturated carbocycles. The van der Waals surface area contributed by atoms with Gasteiger partial charge < -0.3 is 14.8 Å². The highest BCUT2D eigenvalue weighted by Crippen LogP contribution is 2.30. The van der Waals surface area contributed by atoms with Crippen LogP contribution >= 0.6 is 0 Å². The minimum atomic E-state index is -1.82. The highest BCUT2D eigenvalue weighted by atomic mass is 16.6. The molecule has 10 nitrogen and oxygen atoms in total. The molecule has 2 N–H and O–H groups in total. The Balaban J connectivity index is 0.000000505. The van der Waals surface area contributed by atoms with E-state index < -0.39 is 11.9 Å². The molecule has 4 aromatic rings. The van der Waals surface area contributed by atoms with Gasteiger partial charge in [0.15, 0.2) is 0 Å². The Morgan fingerprint density at radius 2 is 1.32 bits per heavy atom. The van der Waals surface area contributed by atoms with Crippen LogP contribution in [-0.2, 0) is 29.2 Å². The van der Waals surface area contributed by atoms with Crippen molar-refractivity contribution in [2.75, 3.05) is 26.2 Å². The van der Waals surface area contributed by atoms with Crippen molar-refractivity contribution in [3.63, 3.8) is 0 Å². The van der Waals surface area contributed by atoms with Crippen LogP contribution in [0.3, 0.4) is 0 Å². The van der Waals surface area contributed by atoms with Gasteiger partial charge in [-0.1, -0.05) is 36.4 Å². The number of non-ortho nitro benzene ring substituents is 1. The van der Waals surface area contributed by atoms with E-state index in [2.05, 4.69) is 63.8 Å². The quantitative estimate of drug-likeness (QED) is 0.221. The largest absolute Gasteiger partial charge is 0.473 e. The second kappa shape index (κ2) is 11.8. The fraction of sp³-hybridized carbons (Fsp3) is 0.286. The Kier molecular flexibility index (Phi) is 8.35. The van der Waals surface area contributed by atoms with E-state index in [9.17, 15) is 10.1 Å². The van der Waals surface area contributed by atoms with Crippen LogP contribution in [0.15, 0.2) is 66.7 Å². The number of fused-ring (bicyclic) bond motifs is 3. The van der Waals surface area contributed by atoms with Gasteiger partial charge in [0.1, 0.15) is 0 Å². The van der Waals surface area contributed by atoms with Crippen LogP contribution in [0.4, 0.5) is 5.69 Å². The first kappa shape index (κ1) is 26.8. The van der Waals surface area contributed by atoms with E-state index in [1.165, 1.54) is 27.4 Å². The number of piperazine rings is 1. The van der Waals surface area contributed by atoms with Gasteiger partial charge in [-0.05, 0) is 36.2 Å². The highest BCUT2D eigenvalue weighted by molar-refractivity contribution is 6.27. The molecule has 0 spiro atoms. The lowest BCUT2D eigenvalue weighted by Gasteiger charge is -2.34. The van der Waals surface area contributed by atoms with Crippen molar-refractivity contribution >= 4 is 39.4 Å². The zero-order valence-corrected chi connectivity index (χ0v) is 21.1. The van der Waals surface area contributed by atoms with E-state index in [1.807, 2.05) is 12.1 Å². The molecule has 3 aromatic carbocycles. The van der Waals surface area contributed by atoms with Crippen LogP contribution in [-0.4, -0.2) is 67.6 Å². The predicted molar refractivity (Wildman–Crippen MR) is 144 cm³/mol. The van der Waals surface area contributed by atoms with Crippen molar-refractivity contribution < 1.29 is 24.7 Å². The van der Waals surface area contributed by atoms with Crippen molar-refractivity contribution in [3.05, 3.63) is 88.0 Å².